The number of nitrogens with zero attached hydrogens (tertiary/aromatic N) is 1. The van der Waals surface area contributed by atoms with Crippen LogP contribution in [0.2, 0.25) is 0 Å². The van der Waals surface area contributed by atoms with E-state index in [0.29, 0.717) is 26.0 Å². The lowest BCUT2D eigenvalue weighted by atomic mass is 9.90. The molecule has 0 amide bonds. The molecule has 0 saturated carbocycles. The average molecular weight is 361 g/mol. The molecule has 144 valence electrons. The predicted molar refractivity (Wildman–Crippen MR) is 103 cm³/mol. The van der Waals surface area contributed by atoms with Crippen LogP contribution >= 0.6 is 0 Å². The first kappa shape index (κ1) is 20.1. The van der Waals surface area contributed by atoms with Crippen LogP contribution in [0.4, 0.5) is 0 Å². The van der Waals surface area contributed by atoms with Gasteiger partial charge in [-0.05, 0) is 40.2 Å². The first-order valence-corrected chi connectivity index (χ1v) is 9.43. The average Bonchev–Trinajstić information content (AvgIpc) is 2.58. The minimum absolute atomic E-state index is 0.123. The van der Waals surface area contributed by atoms with Gasteiger partial charge >= 0.3 is 5.97 Å². The molecular weight excluding hydrogens is 330 g/mol. The Bertz CT molecular complexity index is 628. The van der Waals surface area contributed by atoms with Gasteiger partial charge in [0.15, 0.2) is 5.96 Å². The maximum absolute atomic E-state index is 11.4. The van der Waals surface area contributed by atoms with Crippen LogP contribution < -0.4 is 15.4 Å². The molecule has 6 heteroatoms. The zero-order chi connectivity index (χ0) is 19.0. The van der Waals surface area contributed by atoms with Gasteiger partial charge in [-0.3, -0.25) is 9.79 Å². The lowest BCUT2D eigenvalue weighted by Gasteiger charge is -2.38. The number of hydrogen-bond acceptors (Lipinski definition) is 4. The number of hydrogen-bond donors (Lipinski definition) is 2. The van der Waals surface area contributed by atoms with Crippen LogP contribution in [0.1, 0.15) is 58.6 Å². The van der Waals surface area contributed by atoms with E-state index in [1.165, 1.54) is 0 Å². The highest BCUT2D eigenvalue weighted by Gasteiger charge is 2.33. The quantitative estimate of drug-likeness (QED) is 0.338. The number of carbonyl (C=O) groups excluding carboxylic acids is 1. The molecule has 2 rings (SSSR count). The fraction of sp³-hybridized carbons (Fsp3) is 0.600. The molecule has 0 aliphatic carbocycles. The topological polar surface area (TPSA) is 72.0 Å². The third-order valence-corrected chi connectivity index (χ3v) is 4.15. The van der Waals surface area contributed by atoms with Crippen LogP contribution in [0.25, 0.3) is 0 Å². The maximum Gasteiger partial charge on any atom is 0.305 e. The number of ether oxygens (including phenoxy) is 2. The molecule has 0 fully saturated rings. The molecular formula is C20H31N3O3. The summed E-state index contributed by atoms with van der Waals surface area (Å²) in [5.41, 5.74) is 0.900. The van der Waals surface area contributed by atoms with Crippen LogP contribution in [0.5, 0.6) is 5.75 Å². The standard InChI is InChI=1S/C20H31N3O3/c1-5-21-19(22-13-9-12-18(24)25-6-2)23-16-14-20(3,4)26-17-11-8-7-10-15(16)17/h7-8,10-11,16H,5-6,9,12-14H2,1-4H3,(H2,21,22,23). The van der Waals surface area contributed by atoms with Gasteiger partial charge in [0.05, 0.1) is 12.6 Å². The Morgan fingerprint density at radius 1 is 1.35 bits per heavy atom. The van der Waals surface area contributed by atoms with Gasteiger partial charge in [0, 0.05) is 31.5 Å². The number of benzene rings is 1. The third kappa shape index (κ3) is 5.93. The number of fused-ring (bicyclic) bond motifs is 1. The van der Waals surface area contributed by atoms with E-state index in [9.17, 15) is 4.79 Å². The van der Waals surface area contributed by atoms with Gasteiger partial charge in [-0.25, -0.2) is 0 Å². The van der Waals surface area contributed by atoms with E-state index in [1.54, 1.807) is 0 Å². The van der Waals surface area contributed by atoms with Crippen molar-refractivity contribution in [2.24, 2.45) is 4.99 Å². The van der Waals surface area contributed by atoms with Gasteiger partial charge in [0.25, 0.3) is 0 Å². The minimum Gasteiger partial charge on any atom is -0.487 e. The van der Waals surface area contributed by atoms with Crippen molar-refractivity contribution in [3.8, 4) is 5.75 Å². The van der Waals surface area contributed by atoms with Crippen LogP contribution in [0, 0.1) is 0 Å². The summed E-state index contributed by atoms with van der Waals surface area (Å²) in [5, 5.41) is 6.81. The zero-order valence-corrected chi connectivity index (χ0v) is 16.3. The molecule has 26 heavy (non-hydrogen) atoms. The Morgan fingerprint density at radius 3 is 2.85 bits per heavy atom. The predicted octanol–water partition coefficient (Wildman–Crippen LogP) is 3.19. The molecule has 1 aromatic carbocycles. The second-order valence-corrected chi connectivity index (χ2v) is 6.97. The monoisotopic (exact) mass is 361 g/mol. The Hall–Kier alpha value is -2.24. The summed E-state index contributed by atoms with van der Waals surface area (Å²) >= 11 is 0. The number of para-hydroxylation sites is 1. The second kappa shape index (κ2) is 9.46. The number of carbonyl (C=O) groups is 1. The number of rotatable bonds is 7. The molecule has 1 aromatic rings. The lowest BCUT2D eigenvalue weighted by molar-refractivity contribution is -0.143. The highest BCUT2D eigenvalue weighted by atomic mass is 16.5. The van der Waals surface area contributed by atoms with Crippen molar-refractivity contribution in [3.63, 3.8) is 0 Å². The smallest absolute Gasteiger partial charge is 0.305 e. The number of aliphatic imine (C=N–C) groups is 1. The number of nitrogens with one attached hydrogen (secondary N) is 2. The summed E-state index contributed by atoms with van der Waals surface area (Å²) in [5.74, 6) is 1.51. The SMILES string of the molecule is CCNC(=NCCCC(=O)OCC)NC1CC(C)(C)Oc2ccccc21. The van der Waals surface area contributed by atoms with Crippen molar-refractivity contribution < 1.29 is 14.3 Å². The molecule has 6 nitrogen and oxygen atoms in total. The van der Waals surface area contributed by atoms with E-state index in [4.69, 9.17) is 9.47 Å². The van der Waals surface area contributed by atoms with Crippen LogP contribution in [-0.2, 0) is 9.53 Å². The Kier molecular flexibility index (Phi) is 7.30. The molecule has 0 saturated heterocycles. The van der Waals surface area contributed by atoms with Crippen LogP contribution in [-0.4, -0.2) is 37.2 Å². The van der Waals surface area contributed by atoms with E-state index >= 15 is 0 Å². The molecule has 1 unspecified atom stereocenters. The molecule has 1 aliphatic rings. The molecule has 0 bridgehead atoms. The summed E-state index contributed by atoms with van der Waals surface area (Å²) in [6, 6.07) is 8.24. The van der Waals surface area contributed by atoms with Crippen LogP contribution in [0.15, 0.2) is 29.3 Å². The fourth-order valence-electron chi connectivity index (χ4n) is 3.06. The highest BCUT2D eigenvalue weighted by molar-refractivity contribution is 5.80. The Balaban J connectivity index is 2.02. The van der Waals surface area contributed by atoms with Crippen molar-refractivity contribution in [2.45, 2.75) is 58.6 Å². The van der Waals surface area contributed by atoms with Crippen molar-refractivity contribution >= 4 is 11.9 Å². The first-order valence-electron chi connectivity index (χ1n) is 9.43. The second-order valence-electron chi connectivity index (χ2n) is 6.97. The molecule has 0 spiro atoms. The highest BCUT2D eigenvalue weighted by Crippen LogP contribution is 2.39. The van der Waals surface area contributed by atoms with E-state index in [-0.39, 0.29) is 17.6 Å². The van der Waals surface area contributed by atoms with Gasteiger partial charge in [-0.15, -0.1) is 0 Å². The zero-order valence-electron chi connectivity index (χ0n) is 16.3. The summed E-state index contributed by atoms with van der Waals surface area (Å²) < 4.78 is 11.0. The molecule has 0 radical (unpaired) electrons. The summed E-state index contributed by atoms with van der Waals surface area (Å²) in [4.78, 5) is 16.0. The van der Waals surface area contributed by atoms with Crippen molar-refractivity contribution in [1.29, 1.82) is 0 Å². The Labute approximate surface area is 156 Å². The number of guanidine groups is 1. The minimum atomic E-state index is -0.243. The summed E-state index contributed by atoms with van der Waals surface area (Å²) in [6.07, 6.45) is 1.91. The van der Waals surface area contributed by atoms with Crippen LogP contribution in [0.3, 0.4) is 0 Å². The largest absolute Gasteiger partial charge is 0.487 e. The van der Waals surface area contributed by atoms with Gasteiger partial charge in [-0.1, -0.05) is 18.2 Å². The fourth-order valence-corrected chi connectivity index (χ4v) is 3.06. The van der Waals surface area contributed by atoms with Gasteiger partial charge in [-0.2, -0.15) is 0 Å². The normalized spacial score (nSPS) is 18.5. The van der Waals surface area contributed by atoms with Crippen molar-refractivity contribution in [3.05, 3.63) is 29.8 Å². The van der Waals surface area contributed by atoms with E-state index in [2.05, 4.69) is 35.5 Å². The van der Waals surface area contributed by atoms with Gasteiger partial charge in [0.2, 0.25) is 0 Å². The molecule has 1 aliphatic heterocycles. The lowest BCUT2D eigenvalue weighted by Crippen LogP contribution is -2.45. The van der Waals surface area contributed by atoms with Crippen molar-refractivity contribution in [2.75, 3.05) is 19.7 Å². The van der Waals surface area contributed by atoms with Crippen molar-refractivity contribution in [1.82, 2.24) is 10.6 Å². The van der Waals surface area contributed by atoms with E-state index in [1.807, 2.05) is 32.0 Å². The van der Waals surface area contributed by atoms with Gasteiger partial charge in [0.1, 0.15) is 11.4 Å². The number of esters is 1. The molecule has 1 heterocycles. The molecule has 1 atom stereocenters. The maximum atomic E-state index is 11.4. The summed E-state index contributed by atoms with van der Waals surface area (Å²) in [7, 11) is 0. The molecule has 2 N–H and O–H groups in total. The van der Waals surface area contributed by atoms with E-state index < -0.39 is 0 Å². The first-order chi connectivity index (χ1) is 12.4. The van der Waals surface area contributed by atoms with Gasteiger partial charge < -0.3 is 20.1 Å². The third-order valence-electron chi connectivity index (χ3n) is 4.15. The van der Waals surface area contributed by atoms with E-state index in [0.717, 1.165) is 30.2 Å². The summed E-state index contributed by atoms with van der Waals surface area (Å²) in [6.45, 7) is 9.82. The Morgan fingerprint density at radius 2 is 2.12 bits per heavy atom. The molecule has 0 aromatic heterocycles.